The lowest BCUT2D eigenvalue weighted by atomic mass is 9.82. The summed E-state index contributed by atoms with van der Waals surface area (Å²) in [5, 5.41) is 8.93. The first kappa shape index (κ1) is 47.2. The molecule has 0 saturated carbocycles. The number of anilines is 1. The van der Waals surface area contributed by atoms with E-state index >= 15 is 0 Å². The summed E-state index contributed by atoms with van der Waals surface area (Å²) in [6.07, 6.45) is 5.21. The van der Waals surface area contributed by atoms with E-state index in [0.717, 1.165) is 56.7 Å². The Morgan fingerprint density at radius 2 is 1.15 bits per heavy atom. The summed E-state index contributed by atoms with van der Waals surface area (Å²) in [5.74, 6) is -1.38. The van der Waals surface area contributed by atoms with Gasteiger partial charge in [0.05, 0.1) is 54.9 Å². The molecule has 66 heavy (non-hydrogen) atoms. The molecule has 3 unspecified atom stereocenters. The number of hydrogen-bond donors (Lipinski definition) is 1. The number of imide groups is 2. The van der Waals surface area contributed by atoms with Crippen LogP contribution in [0.15, 0.2) is 77.7 Å². The third-order valence-electron chi connectivity index (χ3n) is 13.1. The molecule has 0 fully saturated rings. The molecule has 0 aliphatic carbocycles. The zero-order valence-corrected chi connectivity index (χ0v) is 39.3. The molecule has 3 atom stereocenters. The van der Waals surface area contributed by atoms with Crippen molar-refractivity contribution in [1.29, 1.82) is 0 Å². The van der Waals surface area contributed by atoms with Gasteiger partial charge in [-0.05, 0) is 120 Å². The van der Waals surface area contributed by atoms with Crippen molar-refractivity contribution in [2.75, 3.05) is 70.5 Å². The number of hydrogen-bond acceptors (Lipinski definition) is 11. The number of amides is 4. The van der Waals surface area contributed by atoms with Gasteiger partial charge in [-0.3, -0.25) is 24.1 Å². The summed E-state index contributed by atoms with van der Waals surface area (Å²) >= 11 is 0. The molecule has 14 heteroatoms. The Morgan fingerprint density at radius 1 is 0.606 bits per heavy atom. The highest BCUT2D eigenvalue weighted by Gasteiger charge is 2.39. The Hall–Kier alpha value is -5.35. The predicted octanol–water partition coefficient (Wildman–Crippen LogP) is 8.58. The van der Waals surface area contributed by atoms with Crippen molar-refractivity contribution in [2.45, 2.75) is 76.8 Å². The molecule has 8 rings (SSSR count). The molecular weight excluding hydrogens is 859 g/mol. The van der Waals surface area contributed by atoms with Crippen molar-refractivity contribution >= 4 is 82.2 Å². The molecule has 0 aromatic heterocycles. The van der Waals surface area contributed by atoms with E-state index in [1.54, 1.807) is 38.3 Å². The lowest BCUT2D eigenvalue weighted by Gasteiger charge is -2.33. The second-order valence-corrected chi connectivity index (χ2v) is 19.6. The Kier molecular flexibility index (Phi) is 14.5. The van der Waals surface area contributed by atoms with Gasteiger partial charge in [-0.15, -0.1) is 0 Å². The largest absolute Gasteiger partial charge is 0.382 e. The van der Waals surface area contributed by atoms with Crippen LogP contribution in [-0.2, 0) is 28.8 Å². The summed E-state index contributed by atoms with van der Waals surface area (Å²) in [7, 11) is -2.04. The second kappa shape index (κ2) is 20.3. The van der Waals surface area contributed by atoms with Gasteiger partial charge < -0.3 is 24.3 Å². The number of unbranched alkanes of at least 4 members (excludes halogenated alkanes) is 1. The monoisotopic (exact) mass is 917 g/mol. The summed E-state index contributed by atoms with van der Waals surface area (Å²) in [6.45, 7) is 11.8. The molecule has 6 aromatic carbocycles. The smallest absolute Gasteiger partial charge is 0.265 e. The van der Waals surface area contributed by atoms with Crippen LogP contribution in [0.3, 0.4) is 0 Å². The minimum Gasteiger partial charge on any atom is -0.382 e. The van der Waals surface area contributed by atoms with Crippen molar-refractivity contribution in [3.8, 4) is 0 Å². The number of carbonyl (C=O) groups excluding carboxylic acids is 4. The van der Waals surface area contributed by atoms with E-state index in [9.17, 15) is 27.6 Å². The summed E-state index contributed by atoms with van der Waals surface area (Å²) in [6, 6.07) is 19.7. The minimum atomic E-state index is -3.64. The third-order valence-corrected chi connectivity index (χ3v) is 14.8. The molecular formula is C52H59N3O10S. The summed E-state index contributed by atoms with van der Waals surface area (Å²) in [5.41, 5.74) is 1.75. The highest BCUT2D eigenvalue weighted by molar-refractivity contribution is 7.91. The van der Waals surface area contributed by atoms with Gasteiger partial charge in [0.1, 0.15) is 0 Å². The van der Waals surface area contributed by atoms with Crippen LogP contribution < -0.4 is 10.2 Å². The van der Waals surface area contributed by atoms with Gasteiger partial charge in [0.2, 0.25) is 0 Å². The van der Waals surface area contributed by atoms with E-state index < -0.39 is 39.5 Å². The van der Waals surface area contributed by atoms with Crippen LogP contribution in [0.25, 0.3) is 43.1 Å². The second-order valence-electron chi connectivity index (χ2n) is 17.5. The number of ether oxygens (including phenoxy) is 4. The molecule has 0 saturated heterocycles. The first-order valence-electron chi connectivity index (χ1n) is 23.2. The number of rotatable bonds is 24. The molecule has 348 valence electrons. The highest BCUT2D eigenvalue weighted by atomic mass is 32.2. The fourth-order valence-electron chi connectivity index (χ4n) is 9.44. The number of nitrogens with zero attached hydrogens (tertiary/aromatic N) is 2. The van der Waals surface area contributed by atoms with E-state index in [2.05, 4.69) is 19.2 Å². The number of nitrogens with one attached hydrogen (secondary N) is 1. The molecule has 6 aromatic rings. The molecule has 2 aliphatic rings. The maximum Gasteiger partial charge on any atom is 0.265 e. The number of fused-ring (bicyclic) bond motifs is 2. The van der Waals surface area contributed by atoms with Gasteiger partial charge >= 0.3 is 0 Å². The third kappa shape index (κ3) is 8.94. The van der Waals surface area contributed by atoms with Crippen molar-refractivity contribution in [3.63, 3.8) is 0 Å². The van der Waals surface area contributed by atoms with E-state index in [1.165, 1.54) is 48.4 Å². The SMILES string of the molecule is CCCCC(CC)COCCCNCCS(=O)(=O)c1ccc(N2C(=O)c3ccc4c5ccc6c7c(ccc(c8ccc(c3c48)C2=O)c75)C(=O)N(C(C)COC(C)COCCOC)C6=O)cc1. The fraction of sp³-hybridized carbons (Fsp3) is 0.423. The Labute approximate surface area is 385 Å². The Bertz CT molecular complexity index is 2780. The number of methoxy groups -OCH3 is 1. The number of benzene rings is 6. The highest BCUT2D eigenvalue weighted by Crippen LogP contribution is 2.47. The quantitative estimate of drug-likeness (QED) is 0.0268. The first-order valence-corrected chi connectivity index (χ1v) is 24.8. The molecule has 0 bridgehead atoms. The van der Waals surface area contributed by atoms with E-state index in [4.69, 9.17) is 18.9 Å². The van der Waals surface area contributed by atoms with Crippen molar-refractivity contribution < 1.29 is 46.5 Å². The zero-order valence-electron chi connectivity index (χ0n) is 38.4. The van der Waals surface area contributed by atoms with Crippen LogP contribution in [0, 0.1) is 5.92 Å². The van der Waals surface area contributed by atoms with Gasteiger partial charge in [-0.2, -0.15) is 0 Å². The first-order chi connectivity index (χ1) is 31.9. The van der Waals surface area contributed by atoms with Crippen LogP contribution in [0.5, 0.6) is 0 Å². The maximum atomic E-state index is 14.3. The van der Waals surface area contributed by atoms with Crippen molar-refractivity contribution in [2.24, 2.45) is 5.92 Å². The zero-order chi connectivity index (χ0) is 46.7. The molecule has 13 nitrogen and oxygen atoms in total. The lowest BCUT2D eigenvalue weighted by Crippen LogP contribution is -2.48. The van der Waals surface area contributed by atoms with E-state index in [0.29, 0.717) is 71.9 Å². The molecule has 1 N–H and O–H groups in total. The Balaban J connectivity index is 0.987. The average molecular weight is 918 g/mol. The van der Waals surface area contributed by atoms with Gasteiger partial charge in [-0.1, -0.05) is 57.4 Å². The normalized spacial score (nSPS) is 15.6. The van der Waals surface area contributed by atoms with Gasteiger partial charge in [0.15, 0.2) is 9.84 Å². The van der Waals surface area contributed by atoms with Crippen LogP contribution in [0.2, 0.25) is 0 Å². The van der Waals surface area contributed by atoms with E-state index in [-0.39, 0.29) is 35.6 Å². The molecule has 2 aliphatic heterocycles. The molecule has 2 heterocycles. The van der Waals surface area contributed by atoms with Crippen LogP contribution >= 0.6 is 0 Å². The summed E-state index contributed by atoms with van der Waals surface area (Å²) in [4.78, 5) is 59.5. The maximum absolute atomic E-state index is 14.3. The van der Waals surface area contributed by atoms with Gasteiger partial charge in [0.25, 0.3) is 23.6 Å². The minimum absolute atomic E-state index is 0.102. The standard InChI is InChI=1S/C52H59N3O10S/c1-6-8-10-34(7-2)31-63-25-9-23-53-24-28-66(60,61)36-13-11-35(12-14-36)55-51(58)43-21-17-39-37-15-19-41-47-42(20-16-38(45(37)47)40-18-22-44(52(55)59)48(43)46(39)40)50(57)54(49(41)56)32(3)29-65-33(4)30-64-27-26-62-5/h11-22,32-34,53H,6-10,23-31H2,1-5H3. The van der Waals surface area contributed by atoms with Crippen molar-refractivity contribution in [1.82, 2.24) is 10.2 Å². The Morgan fingerprint density at radius 3 is 1.68 bits per heavy atom. The van der Waals surface area contributed by atoms with Crippen LogP contribution in [0.1, 0.15) is 101 Å². The fourth-order valence-corrected chi connectivity index (χ4v) is 10.6. The lowest BCUT2D eigenvalue weighted by molar-refractivity contribution is -0.0312. The molecule has 4 amide bonds. The van der Waals surface area contributed by atoms with Gasteiger partial charge in [0, 0.05) is 59.9 Å². The van der Waals surface area contributed by atoms with Crippen molar-refractivity contribution in [3.05, 3.63) is 95.1 Å². The van der Waals surface area contributed by atoms with E-state index in [1.807, 2.05) is 31.2 Å². The van der Waals surface area contributed by atoms with Crippen LogP contribution in [0.4, 0.5) is 5.69 Å². The molecule has 0 radical (unpaired) electrons. The molecule has 0 spiro atoms. The number of sulfone groups is 1. The van der Waals surface area contributed by atoms with Crippen LogP contribution in [-0.4, -0.2) is 115 Å². The number of carbonyl (C=O) groups is 4. The summed E-state index contributed by atoms with van der Waals surface area (Å²) < 4.78 is 49.0. The predicted molar refractivity (Wildman–Crippen MR) is 257 cm³/mol. The topological polar surface area (TPSA) is 158 Å². The average Bonchev–Trinajstić information content (AvgIpc) is 3.32. The van der Waals surface area contributed by atoms with Gasteiger partial charge in [-0.25, -0.2) is 13.3 Å².